The lowest BCUT2D eigenvalue weighted by Crippen LogP contribution is -2.30. The molecule has 0 bridgehead atoms. The van der Waals surface area contributed by atoms with Crippen molar-refractivity contribution in [3.63, 3.8) is 0 Å². The molecule has 0 amide bonds. The number of nitrogens with one attached hydrogen (secondary N) is 2. The second-order valence-corrected chi connectivity index (χ2v) is 13.7. The van der Waals surface area contributed by atoms with Crippen LogP contribution in [-0.2, 0) is 20.0 Å². The predicted octanol–water partition coefficient (Wildman–Crippen LogP) is 4.65. The van der Waals surface area contributed by atoms with Gasteiger partial charge >= 0.3 is 0 Å². The first-order chi connectivity index (χ1) is 21.1. The molecular formula is C30H34N8O4S2. The summed E-state index contributed by atoms with van der Waals surface area (Å²) in [6, 6.07) is 20.6. The molecule has 44 heavy (non-hydrogen) atoms. The summed E-state index contributed by atoms with van der Waals surface area (Å²) in [5, 5.41) is 14.6. The Hall–Kier alpha value is -4.24. The number of benzene rings is 3. The third kappa shape index (κ3) is 6.06. The molecule has 5 rings (SSSR count). The van der Waals surface area contributed by atoms with Gasteiger partial charge in [-0.25, -0.2) is 26.8 Å². The van der Waals surface area contributed by atoms with Crippen LogP contribution in [-0.4, -0.2) is 82.0 Å². The molecule has 0 aliphatic heterocycles. The monoisotopic (exact) mass is 634 g/mol. The number of aromatic nitrogens is 6. The van der Waals surface area contributed by atoms with Crippen LogP contribution in [0.25, 0.3) is 45.6 Å². The Balaban J connectivity index is 1.34. The number of hydrogen-bond acceptors (Lipinski definition) is 8. The molecule has 0 radical (unpaired) electrons. The van der Waals surface area contributed by atoms with Gasteiger partial charge in [-0.1, -0.05) is 45.9 Å². The van der Waals surface area contributed by atoms with Crippen LogP contribution < -0.4 is 0 Å². The van der Waals surface area contributed by atoms with E-state index in [1.54, 1.807) is 48.5 Å². The zero-order valence-electron chi connectivity index (χ0n) is 24.9. The quantitative estimate of drug-likeness (QED) is 0.201. The molecule has 2 aromatic heterocycles. The van der Waals surface area contributed by atoms with Crippen molar-refractivity contribution in [2.24, 2.45) is 0 Å². The number of sulfonamides is 2. The number of aromatic amines is 2. The molecule has 2 N–H and O–H groups in total. The van der Waals surface area contributed by atoms with Crippen molar-refractivity contribution in [2.45, 2.75) is 37.5 Å². The van der Waals surface area contributed by atoms with Crippen LogP contribution in [0, 0.1) is 0 Å². The number of nitrogens with zero attached hydrogens (tertiary/aromatic N) is 6. The van der Waals surface area contributed by atoms with Gasteiger partial charge in [0, 0.05) is 48.4 Å². The Bertz CT molecular complexity index is 1810. The molecule has 3 aromatic carbocycles. The average molecular weight is 635 g/mol. The SMILES string of the molecule is CCN(CC)S(=O)(=O)c1ccc(-c2nc(-c3cccc(-c4n[nH]c(-c5ccc(S(=O)(=O)N(CC)CC)cc5)n4)c3)n[nH]2)cc1. The molecule has 0 aliphatic carbocycles. The van der Waals surface area contributed by atoms with Gasteiger partial charge in [-0.05, 0) is 54.6 Å². The minimum atomic E-state index is -3.55. The summed E-state index contributed by atoms with van der Waals surface area (Å²) in [5.74, 6) is 1.93. The smallest absolute Gasteiger partial charge is 0.243 e. The van der Waals surface area contributed by atoms with Gasteiger partial charge in [0.2, 0.25) is 20.0 Å². The summed E-state index contributed by atoms with van der Waals surface area (Å²) in [5.41, 5.74) is 2.88. The van der Waals surface area contributed by atoms with E-state index in [0.29, 0.717) is 60.6 Å². The van der Waals surface area contributed by atoms with E-state index in [2.05, 4.69) is 30.4 Å². The van der Waals surface area contributed by atoms with Crippen LogP contribution in [0.15, 0.2) is 82.6 Å². The summed E-state index contributed by atoms with van der Waals surface area (Å²) >= 11 is 0. The Morgan fingerprint density at radius 1 is 0.545 bits per heavy atom. The van der Waals surface area contributed by atoms with Gasteiger partial charge in [0.05, 0.1) is 9.79 Å². The summed E-state index contributed by atoms with van der Waals surface area (Å²) in [6.07, 6.45) is 0. The number of hydrogen-bond donors (Lipinski definition) is 2. The Labute approximate surface area is 257 Å². The largest absolute Gasteiger partial charge is 0.259 e. The summed E-state index contributed by atoms with van der Waals surface area (Å²) < 4.78 is 54.1. The summed E-state index contributed by atoms with van der Waals surface area (Å²) in [6.45, 7) is 8.84. The van der Waals surface area contributed by atoms with Crippen LogP contribution in [0.1, 0.15) is 27.7 Å². The normalized spacial score (nSPS) is 12.3. The van der Waals surface area contributed by atoms with Crippen molar-refractivity contribution >= 4 is 20.0 Å². The van der Waals surface area contributed by atoms with Gasteiger partial charge in [0.1, 0.15) is 0 Å². The Morgan fingerprint density at radius 2 is 0.909 bits per heavy atom. The fourth-order valence-corrected chi connectivity index (χ4v) is 7.75. The van der Waals surface area contributed by atoms with E-state index in [1.807, 2.05) is 52.0 Å². The second-order valence-electron chi connectivity index (χ2n) is 9.82. The first kappa shape index (κ1) is 31.2. The molecule has 0 atom stereocenters. The van der Waals surface area contributed by atoms with E-state index in [4.69, 9.17) is 0 Å². The molecule has 0 unspecified atom stereocenters. The molecule has 0 fully saturated rings. The fraction of sp³-hybridized carbons (Fsp3) is 0.267. The summed E-state index contributed by atoms with van der Waals surface area (Å²) in [7, 11) is -7.10. The van der Waals surface area contributed by atoms with Crippen molar-refractivity contribution < 1.29 is 16.8 Å². The van der Waals surface area contributed by atoms with E-state index < -0.39 is 20.0 Å². The Morgan fingerprint density at radius 3 is 1.25 bits per heavy atom. The van der Waals surface area contributed by atoms with Crippen LogP contribution >= 0.6 is 0 Å². The summed E-state index contributed by atoms with van der Waals surface area (Å²) in [4.78, 5) is 9.70. The lowest BCUT2D eigenvalue weighted by molar-refractivity contribution is 0.444. The van der Waals surface area contributed by atoms with E-state index in [-0.39, 0.29) is 9.79 Å². The van der Waals surface area contributed by atoms with Crippen molar-refractivity contribution in [1.29, 1.82) is 0 Å². The van der Waals surface area contributed by atoms with Crippen molar-refractivity contribution in [2.75, 3.05) is 26.2 Å². The molecule has 14 heteroatoms. The van der Waals surface area contributed by atoms with Gasteiger partial charge < -0.3 is 0 Å². The van der Waals surface area contributed by atoms with Crippen LogP contribution in [0.3, 0.4) is 0 Å². The molecular weight excluding hydrogens is 601 g/mol. The highest BCUT2D eigenvalue weighted by Crippen LogP contribution is 2.27. The minimum Gasteiger partial charge on any atom is -0.259 e. The molecule has 0 saturated heterocycles. The van der Waals surface area contributed by atoms with Gasteiger partial charge in [-0.2, -0.15) is 18.8 Å². The van der Waals surface area contributed by atoms with Crippen molar-refractivity contribution in [3.05, 3.63) is 72.8 Å². The van der Waals surface area contributed by atoms with Crippen molar-refractivity contribution in [3.8, 4) is 45.6 Å². The first-order valence-electron chi connectivity index (χ1n) is 14.3. The van der Waals surface area contributed by atoms with Crippen LogP contribution in [0.4, 0.5) is 0 Å². The maximum Gasteiger partial charge on any atom is 0.243 e. The first-order valence-corrected chi connectivity index (χ1v) is 17.2. The highest BCUT2D eigenvalue weighted by molar-refractivity contribution is 7.89. The zero-order valence-corrected chi connectivity index (χ0v) is 26.5. The van der Waals surface area contributed by atoms with E-state index in [0.717, 1.165) is 11.1 Å². The van der Waals surface area contributed by atoms with E-state index in [1.165, 1.54) is 8.61 Å². The molecule has 0 spiro atoms. The predicted molar refractivity (Wildman–Crippen MR) is 168 cm³/mol. The third-order valence-corrected chi connectivity index (χ3v) is 11.4. The van der Waals surface area contributed by atoms with Gasteiger partial charge in [0.15, 0.2) is 23.3 Å². The average Bonchev–Trinajstić information content (AvgIpc) is 3.74. The van der Waals surface area contributed by atoms with Gasteiger partial charge in [0.25, 0.3) is 0 Å². The molecule has 0 saturated carbocycles. The van der Waals surface area contributed by atoms with Crippen LogP contribution in [0.2, 0.25) is 0 Å². The minimum absolute atomic E-state index is 0.226. The lowest BCUT2D eigenvalue weighted by Gasteiger charge is -2.18. The van der Waals surface area contributed by atoms with Gasteiger partial charge in [-0.3, -0.25) is 10.2 Å². The number of H-pyrrole nitrogens is 2. The fourth-order valence-electron chi connectivity index (χ4n) is 4.83. The van der Waals surface area contributed by atoms with E-state index in [9.17, 15) is 16.8 Å². The van der Waals surface area contributed by atoms with Crippen molar-refractivity contribution in [1.82, 2.24) is 39.0 Å². The number of rotatable bonds is 12. The molecule has 12 nitrogen and oxygen atoms in total. The lowest BCUT2D eigenvalue weighted by atomic mass is 10.1. The zero-order chi connectivity index (χ0) is 31.5. The molecule has 2 heterocycles. The highest BCUT2D eigenvalue weighted by Gasteiger charge is 2.23. The second kappa shape index (κ2) is 12.8. The Kier molecular flexibility index (Phi) is 9.06. The van der Waals surface area contributed by atoms with Gasteiger partial charge in [-0.15, -0.1) is 0 Å². The third-order valence-electron chi connectivity index (χ3n) is 7.29. The van der Waals surface area contributed by atoms with E-state index >= 15 is 0 Å². The molecule has 230 valence electrons. The molecule has 0 aliphatic rings. The van der Waals surface area contributed by atoms with Crippen LogP contribution in [0.5, 0.6) is 0 Å². The molecule has 5 aromatic rings. The maximum atomic E-state index is 12.8. The highest BCUT2D eigenvalue weighted by atomic mass is 32.2. The topological polar surface area (TPSA) is 158 Å². The maximum absolute atomic E-state index is 12.8. The standard InChI is InChI=1S/C30H34N8O4S2/c1-5-37(6-2)43(39,40)25-16-12-21(13-17-25)27-31-29(35-33-27)23-10-9-11-24(20-23)30-32-28(34-36-30)22-14-18-26(19-15-22)44(41,42)38(7-3)8-4/h9-20H,5-8H2,1-4H3,(H,31,33,35)(H,32,34,36).